The van der Waals surface area contributed by atoms with E-state index in [0.717, 1.165) is 26.2 Å². The van der Waals surface area contributed by atoms with Crippen molar-refractivity contribution < 1.29 is 4.74 Å². The first-order chi connectivity index (χ1) is 8.87. The number of rotatable bonds is 5. The molecule has 0 amide bonds. The number of benzene rings is 1. The molecule has 0 bridgehead atoms. The summed E-state index contributed by atoms with van der Waals surface area (Å²) in [5, 5.41) is 6.32. The molecule has 2 rings (SSSR count). The fourth-order valence-corrected chi connectivity index (χ4v) is 3.36. The number of halogens is 2. The minimum Gasteiger partial charge on any atom is -0.360 e. The Morgan fingerprint density at radius 3 is 2.79 bits per heavy atom. The molecule has 1 aromatic carbocycles. The molecule has 6 heteroatoms. The normalized spacial score (nSPS) is 12.3. The first kappa shape index (κ1) is 15.3. The van der Waals surface area contributed by atoms with Gasteiger partial charge in [0.25, 0.3) is 0 Å². The zero-order valence-electron chi connectivity index (χ0n) is 11.4. The molecule has 0 radical (unpaired) electrons. The quantitative estimate of drug-likeness (QED) is 0.410. The fraction of sp³-hybridized carbons (Fsp3) is 0.462. The van der Waals surface area contributed by atoms with Crippen molar-refractivity contribution in [2.24, 2.45) is 0 Å². The maximum absolute atomic E-state index is 6.01. The molecule has 1 heterocycles. The van der Waals surface area contributed by atoms with E-state index in [1.165, 1.54) is 6.04 Å². The fourth-order valence-electron chi connectivity index (χ4n) is 1.74. The SMILES string of the molecule is C[Si](C)(C)CCOCn1nc(I)c2cc(Cl)ccc21. The van der Waals surface area contributed by atoms with E-state index in [0.29, 0.717) is 6.73 Å². The van der Waals surface area contributed by atoms with Gasteiger partial charge in [0.1, 0.15) is 10.4 Å². The Morgan fingerprint density at radius 1 is 1.37 bits per heavy atom. The van der Waals surface area contributed by atoms with Crippen LogP contribution in [0.1, 0.15) is 0 Å². The van der Waals surface area contributed by atoms with Gasteiger partial charge in [0.05, 0.1) is 5.52 Å². The first-order valence-electron chi connectivity index (χ1n) is 6.26. The van der Waals surface area contributed by atoms with E-state index in [9.17, 15) is 0 Å². The zero-order chi connectivity index (χ0) is 14.0. The van der Waals surface area contributed by atoms with Crippen molar-refractivity contribution in [3.05, 3.63) is 26.9 Å². The Kier molecular flexibility index (Phi) is 4.92. The molecule has 104 valence electrons. The second-order valence-electron chi connectivity index (χ2n) is 5.80. The lowest BCUT2D eigenvalue weighted by molar-refractivity contribution is 0.0814. The van der Waals surface area contributed by atoms with Crippen LogP contribution in [0.15, 0.2) is 18.2 Å². The molecule has 0 aliphatic rings. The Bertz CT molecular complexity index is 580. The van der Waals surface area contributed by atoms with Gasteiger partial charge in [0.2, 0.25) is 0 Å². The number of fused-ring (bicyclic) bond motifs is 1. The number of hydrogen-bond acceptors (Lipinski definition) is 2. The summed E-state index contributed by atoms with van der Waals surface area (Å²) in [7, 11) is -1.02. The van der Waals surface area contributed by atoms with E-state index >= 15 is 0 Å². The molecule has 19 heavy (non-hydrogen) atoms. The van der Waals surface area contributed by atoms with Crippen molar-refractivity contribution in [3.8, 4) is 0 Å². The maximum atomic E-state index is 6.01. The Balaban J connectivity index is 2.05. The summed E-state index contributed by atoms with van der Waals surface area (Å²) in [5.74, 6) is 0. The van der Waals surface area contributed by atoms with E-state index in [1.807, 2.05) is 22.9 Å². The zero-order valence-corrected chi connectivity index (χ0v) is 15.3. The van der Waals surface area contributed by atoms with E-state index < -0.39 is 8.07 Å². The summed E-state index contributed by atoms with van der Waals surface area (Å²) < 4.78 is 8.61. The number of ether oxygens (including phenoxy) is 1. The second-order valence-corrected chi connectivity index (χ2v) is 12.9. The first-order valence-corrected chi connectivity index (χ1v) is 11.4. The van der Waals surface area contributed by atoms with E-state index in [4.69, 9.17) is 16.3 Å². The van der Waals surface area contributed by atoms with Gasteiger partial charge >= 0.3 is 0 Å². The minimum atomic E-state index is -1.02. The molecule has 0 unspecified atom stereocenters. The molecular weight excluding hydrogens is 391 g/mol. The molecule has 0 atom stereocenters. The molecule has 0 fully saturated rings. The van der Waals surface area contributed by atoms with Crippen LogP contribution < -0.4 is 0 Å². The van der Waals surface area contributed by atoms with Gasteiger partial charge in [-0.25, -0.2) is 4.68 Å². The Labute approximate surface area is 133 Å². The second kappa shape index (κ2) is 6.11. The summed E-state index contributed by atoms with van der Waals surface area (Å²) >= 11 is 8.24. The van der Waals surface area contributed by atoms with Gasteiger partial charge in [0.15, 0.2) is 0 Å². The molecule has 2 aromatic rings. The molecule has 0 saturated carbocycles. The number of aromatic nitrogens is 2. The summed E-state index contributed by atoms with van der Waals surface area (Å²) in [5.41, 5.74) is 1.07. The van der Waals surface area contributed by atoms with Gasteiger partial charge in [-0.2, -0.15) is 5.10 Å². The highest BCUT2D eigenvalue weighted by molar-refractivity contribution is 14.1. The number of hydrogen-bond donors (Lipinski definition) is 0. The summed E-state index contributed by atoms with van der Waals surface area (Å²) in [4.78, 5) is 0. The van der Waals surface area contributed by atoms with Crippen LogP contribution >= 0.6 is 34.2 Å². The van der Waals surface area contributed by atoms with Crippen LogP contribution in [0.25, 0.3) is 10.9 Å². The van der Waals surface area contributed by atoms with Crippen LogP contribution in [-0.4, -0.2) is 24.5 Å². The van der Waals surface area contributed by atoms with Crippen molar-refractivity contribution in [1.82, 2.24) is 9.78 Å². The molecule has 0 spiro atoms. The molecule has 0 saturated heterocycles. The summed E-state index contributed by atoms with van der Waals surface area (Å²) in [6.45, 7) is 8.37. The Hall–Kier alpha value is -0.113. The molecule has 0 aliphatic heterocycles. The summed E-state index contributed by atoms with van der Waals surface area (Å²) in [6.07, 6.45) is 0. The predicted molar refractivity (Wildman–Crippen MR) is 91.6 cm³/mol. The van der Waals surface area contributed by atoms with Crippen LogP contribution in [0.4, 0.5) is 0 Å². The third-order valence-corrected chi connectivity index (χ3v) is 5.61. The van der Waals surface area contributed by atoms with Gasteiger partial charge in [-0.05, 0) is 46.8 Å². The lowest BCUT2D eigenvalue weighted by Crippen LogP contribution is -2.22. The van der Waals surface area contributed by atoms with Crippen molar-refractivity contribution in [2.75, 3.05) is 6.61 Å². The molecule has 0 aliphatic carbocycles. The highest BCUT2D eigenvalue weighted by Crippen LogP contribution is 2.24. The monoisotopic (exact) mass is 408 g/mol. The van der Waals surface area contributed by atoms with Crippen LogP contribution in [0.5, 0.6) is 0 Å². The van der Waals surface area contributed by atoms with E-state index in [-0.39, 0.29) is 0 Å². The highest BCUT2D eigenvalue weighted by Gasteiger charge is 2.13. The van der Waals surface area contributed by atoms with Crippen LogP contribution in [0, 0.1) is 3.70 Å². The molecule has 3 nitrogen and oxygen atoms in total. The van der Waals surface area contributed by atoms with Crippen molar-refractivity contribution in [1.29, 1.82) is 0 Å². The van der Waals surface area contributed by atoms with Crippen molar-refractivity contribution in [2.45, 2.75) is 32.4 Å². The topological polar surface area (TPSA) is 27.1 Å². The van der Waals surface area contributed by atoms with Crippen molar-refractivity contribution >= 4 is 53.2 Å². The molecule has 1 aromatic heterocycles. The lowest BCUT2D eigenvalue weighted by Gasteiger charge is -2.15. The van der Waals surface area contributed by atoms with E-state index in [1.54, 1.807) is 0 Å². The van der Waals surface area contributed by atoms with Crippen LogP contribution in [0.2, 0.25) is 30.7 Å². The highest BCUT2D eigenvalue weighted by atomic mass is 127. The largest absolute Gasteiger partial charge is 0.360 e. The van der Waals surface area contributed by atoms with Gasteiger partial charge in [-0.15, -0.1) is 0 Å². The maximum Gasteiger partial charge on any atom is 0.140 e. The predicted octanol–water partition coefficient (Wildman–Crippen LogP) is 4.61. The Morgan fingerprint density at radius 2 is 2.11 bits per heavy atom. The number of nitrogens with zero attached hydrogens (tertiary/aromatic N) is 2. The van der Waals surface area contributed by atoms with Gasteiger partial charge < -0.3 is 4.74 Å². The van der Waals surface area contributed by atoms with Gasteiger partial charge in [-0.3, -0.25) is 0 Å². The van der Waals surface area contributed by atoms with E-state index in [2.05, 4.69) is 47.3 Å². The molecular formula is C13H18ClIN2OSi. The average molecular weight is 409 g/mol. The minimum absolute atomic E-state index is 0.506. The van der Waals surface area contributed by atoms with Crippen molar-refractivity contribution in [3.63, 3.8) is 0 Å². The van der Waals surface area contributed by atoms with Gasteiger partial charge in [-0.1, -0.05) is 31.2 Å². The van der Waals surface area contributed by atoms with Gasteiger partial charge in [0, 0.05) is 25.1 Å². The lowest BCUT2D eigenvalue weighted by atomic mass is 10.2. The third kappa shape index (κ3) is 4.17. The third-order valence-electron chi connectivity index (χ3n) is 2.88. The standard InChI is InChI=1S/C13H18ClIN2OSi/c1-19(2,3)7-6-18-9-17-12-5-4-10(14)8-11(12)13(15)16-17/h4-5,8H,6-7,9H2,1-3H3. The summed E-state index contributed by atoms with van der Waals surface area (Å²) in [6, 6.07) is 7.01. The van der Waals surface area contributed by atoms with Crippen LogP contribution in [-0.2, 0) is 11.5 Å². The van der Waals surface area contributed by atoms with Crippen LogP contribution in [0.3, 0.4) is 0 Å². The smallest absolute Gasteiger partial charge is 0.140 e. The average Bonchev–Trinajstić information content (AvgIpc) is 2.60. The molecule has 0 N–H and O–H groups in total.